The maximum absolute atomic E-state index is 12.3. The molecular weight excluding hydrogens is 366 g/mol. The highest BCUT2D eigenvalue weighted by molar-refractivity contribution is 7.13. The first-order valence-electron chi connectivity index (χ1n) is 8.70. The van der Waals surface area contributed by atoms with Crippen molar-refractivity contribution in [1.82, 2.24) is 20.4 Å². The largest absolute Gasteiger partial charge is 0.497 e. The average molecular weight is 391 g/mol. The van der Waals surface area contributed by atoms with Crippen LogP contribution in [0, 0.1) is 0 Å². The second-order valence-electron chi connectivity index (χ2n) is 6.21. The number of methoxy groups -OCH3 is 1. The van der Waals surface area contributed by atoms with Crippen molar-refractivity contribution in [2.45, 2.75) is 33.4 Å². The molecule has 9 heteroatoms. The van der Waals surface area contributed by atoms with Gasteiger partial charge >= 0.3 is 0 Å². The fourth-order valence-electron chi connectivity index (χ4n) is 2.31. The van der Waals surface area contributed by atoms with Crippen LogP contribution in [0.4, 0.5) is 5.69 Å². The van der Waals surface area contributed by atoms with E-state index in [2.05, 4.69) is 20.8 Å². The van der Waals surface area contributed by atoms with Crippen molar-refractivity contribution in [3.05, 3.63) is 34.3 Å². The van der Waals surface area contributed by atoms with Gasteiger partial charge in [-0.15, -0.1) is 10.2 Å². The number of rotatable bonds is 9. The Hall–Kier alpha value is -2.52. The topological polar surface area (TPSA) is 96.5 Å². The van der Waals surface area contributed by atoms with Gasteiger partial charge < -0.3 is 15.4 Å². The van der Waals surface area contributed by atoms with Crippen LogP contribution in [0.25, 0.3) is 0 Å². The lowest BCUT2D eigenvalue weighted by atomic mass is 10.3. The summed E-state index contributed by atoms with van der Waals surface area (Å²) in [4.78, 5) is 26.2. The van der Waals surface area contributed by atoms with E-state index < -0.39 is 0 Å². The molecule has 0 aliphatic heterocycles. The number of nitrogens with one attached hydrogen (secondary N) is 2. The number of amides is 2. The summed E-state index contributed by atoms with van der Waals surface area (Å²) in [6.07, 6.45) is 0. The molecule has 0 fully saturated rings. The molecule has 0 saturated carbocycles. The van der Waals surface area contributed by atoms with Gasteiger partial charge in [0.2, 0.25) is 10.9 Å². The third kappa shape index (κ3) is 6.61. The van der Waals surface area contributed by atoms with Gasteiger partial charge in [-0.05, 0) is 44.7 Å². The van der Waals surface area contributed by atoms with Crippen molar-refractivity contribution in [2.75, 3.05) is 25.5 Å². The minimum atomic E-state index is -0.315. The van der Waals surface area contributed by atoms with E-state index in [0.29, 0.717) is 29.5 Å². The second kappa shape index (κ2) is 9.98. The SMILES string of the molecule is CCN(CC(=O)NC(C)C)Cc1nnc(C(=O)Nc2ccc(OC)cc2)s1. The summed E-state index contributed by atoms with van der Waals surface area (Å²) in [5.74, 6) is 0.366. The molecule has 0 saturated heterocycles. The van der Waals surface area contributed by atoms with E-state index in [1.165, 1.54) is 11.3 Å². The number of anilines is 1. The van der Waals surface area contributed by atoms with Crippen LogP contribution in [0.2, 0.25) is 0 Å². The Morgan fingerprint density at radius 2 is 1.93 bits per heavy atom. The number of hydrogen-bond acceptors (Lipinski definition) is 7. The number of nitrogens with zero attached hydrogens (tertiary/aromatic N) is 3. The van der Waals surface area contributed by atoms with Crippen LogP contribution in [-0.4, -0.2) is 53.2 Å². The van der Waals surface area contributed by atoms with Gasteiger partial charge in [0.25, 0.3) is 5.91 Å². The van der Waals surface area contributed by atoms with E-state index in [-0.39, 0.29) is 29.4 Å². The highest BCUT2D eigenvalue weighted by Crippen LogP contribution is 2.17. The van der Waals surface area contributed by atoms with Gasteiger partial charge in [-0.2, -0.15) is 0 Å². The van der Waals surface area contributed by atoms with Crippen LogP contribution in [-0.2, 0) is 11.3 Å². The smallest absolute Gasteiger partial charge is 0.286 e. The van der Waals surface area contributed by atoms with E-state index in [4.69, 9.17) is 4.74 Å². The molecule has 0 radical (unpaired) electrons. The Morgan fingerprint density at radius 3 is 2.52 bits per heavy atom. The third-order valence-corrected chi connectivity index (χ3v) is 4.54. The number of benzene rings is 1. The van der Waals surface area contributed by atoms with E-state index >= 15 is 0 Å². The van der Waals surface area contributed by atoms with Crippen molar-refractivity contribution >= 4 is 28.8 Å². The Balaban J connectivity index is 1.93. The molecule has 0 bridgehead atoms. The maximum Gasteiger partial charge on any atom is 0.286 e. The normalized spacial score (nSPS) is 10.9. The quantitative estimate of drug-likeness (QED) is 0.680. The molecule has 0 aliphatic carbocycles. The zero-order chi connectivity index (χ0) is 19.8. The Labute approximate surface area is 162 Å². The van der Waals surface area contributed by atoms with Gasteiger partial charge in [-0.3, -0.25) is 14.5 Å². The standard InChI is InChI=1S/C18H25N5O3S/c1-5-23(10-15(24)19-12(2)3)11-16-21-22-18(27-16)17(25)20-13-6-8-14(26-4)9-7-13/h6-9,12H,5,10-11H2,1-4H3,(H,19,24)(H,20,25). The lowest BCUT2D eigenvalue weighted by molar-refractivity contribution is -0.122. The summed E-state index contributed by atoms with van der Waals surface area (Å²) in [5, 5.41) is 14.7. The summed E-state index contributed by atoms with van der Waals surface area (Å²) in [6.45, 7) is 7.26. The molecule has 2 amide bonds. The van der Waals surface area contributed by atoms with Gasteiger partial charge in [0, 0.05) is 11.7 Å². The van der Waals surface area contributed by atoms with Gasteiger partial charge in [0.05, 0.1) is 20.2 Å². The predicted molar refractivity (Wildman–Crippen MR) is 105 cm³/mol. The van der Waals surface area contributed by atoms with E-state index in [9.17, 15) is 9.59 Å². The first kappa shape index (κ1) is 20.8. The monoisotopic (exact) mass is 391 g/mol. The molecule has 1 heterocycles. The lowest BCUT2D eigenvalue weighted by Crippen LogP contribution is -2.39. The molecular formula is C18H25N5O3S. The molecule has 0 aliphatic rings. The Bertz CT molecular complexity index is 761. The highest BCUT2D eigenvalue weighted by Gasteiger charge is 2.16. The number of carbonyl (C=O) groups is 2. The summed E-state index contributed by atoms with van der Waals surface area (Å²) in [5.41, 5.74) is 0.651. The van der Waals surface area contributed by atoms with Crippen LogP contribution in [0.5, 0.6) is 5.75 Å². The predicted octanol–water partition coefficient (Wildman–Crippen LogP) is 2.15. The zero-order valence-corrected chi connectivity index (χ0v) is 16.8. The summed E-state index contributed by atoms with van der Waals surface area (Å²) < 4.78 is 5.09. The molecule has 0 unspecified atom stereocenters. The number of carbonyl (C=O) groups excluding carboxylic acids is 2. The average Bonchev–Trinajstić information content (AvgIpc) is 3.09. The Kier molecular flexibility index (Phi) is 7.68. The zero-order valence-electron chi connectivity index (χ0n) is 16.0. The van der Waals surface area contributed by atoms with Crippen molar-refractivity contribution in [2.24, 2.45) is 0 Å². The number of likely N-dealkylation sites (N-methyl/N-ethyl adjacent to an activating group) is 1. The van der Waals surface area contributed by atoms with Gasteiger partial charge in [0.15, 0.2) is 0 Å². The molecule has 8 nitrogen and oxygen atoms in total. The summed E-state index contributed by atoms with van der Waals surface area (Å²) >= 11 is 1.22. The molecule has 0 atom stereocenters. The molecule has 0 spiro atoms. The third-order valence-electron chi connectivity index (χ3n) is 3.63. The lowest BCUT2D eigenvalue weighted by Gasteiger charge is -2.19. The molecule has 27 heavy (non-hydrogen) atoms. The molecule has 1 aromatic carbocycles. The van der Waals surface area contributed by atoms with Crippen LogP contribution in [0.1, 0.15) is 35.6 Å². The van der Waals surface area contributed by atoms with Gasteiger partial charge in [0.1, 0.15) is 10.8 Å². The number of ether oxygens (including phenoxy) is 1. The minimum Gasteiger partial charge on any atom is -0.497 e. The van der Waals surface area contributed by atoms with E-state index in [1.807, 2.05) is 25.7 Å². The number of hydrogen-bond donors (Lipinski definition) is 2. The first-order valence-corrected chi connectivity index (χ1v) is 9.52. The van der Waals surface area contributed by atoms with Gasteiger partial charge in [-0.1, -0.05) is 18.3 Å². The summed E-state index contributed by atoms with van der Waals surface area (Å²) in [6, 6.07) is 7.15. The summed E-state index contributed by atoms with van der Waals surface area (Å²) in [7, 11) is 1.59. The molecule has 146 valence electrons. The maximum atomic E-state index is 12.3. The van der Waals surface area contributed by atoms with E-state index in [1.54, 1.807) is 31.4 Å². The van der Waals surface area contributed by atoms with Crippen LogP contribution in [0.3, 0.4) is 0 Å². The van der Waals surface area contributed by atoms with Crippen LogP contribution < -0.4 is 15.4 Å². The highest BCUT2D eigenvalue weighted by atomic mass is 32.1. The minimum absolute atomic E-state index is 0.0335. The fraction of sp³-hybridized carbons (Fsp3) is 0.444. The van der Waals surface area contributed by atoms with E-state index in [0.717, 1.165) is 0 Å². The number of aromatic nitrogens is 2. The second-order valence-corrected chi connectivity index (χ2v) is 7.27. The van der Waals surface area contributed by atoms with Crippen LogP contribution >= 0.6 is 11.3 Å². The molecule has 2 aromatic rings. The van der Waals surface area contributed by atoms with Gasteiger partial charge in [-0.25, -0.2) is 0 Å². The Morgan fingerprint density at radius 1 is 1.22 bits per heavy atom. The molecule has 2 N–H and O–H groups in total. The van der Waals surface area contributed by atoms with Crippen molar-refractivity contribution in [3.8, 4) is 5.75 Å². The molecule has 1 aromatic heterocycles. The van der Waals surface area contributed by atoms with Crippen molar-refractivity contribution in [1.29, 1.82) is 0 Å². The first-order chi connectivity index (χ1) is 12.9. The molecule has 2 rings (SSSR count). The van der Waals surface area contributed by atoms with Crippen LogP contribution in [0.15, 0.2) is 24.3 Å². The fourth-order valence-corrected chi connectivity index (χ4v) is 3.09. The van der Waals surface area contributed by atoms with Crippen molar-refractivity contribution in [3.63, 3.8) is 0 Å². The van der Waals surface area contributed by atoms with Crippen molar-refractivity contribution < 1.29 is 14.3 Å².